The average molecular weight is 803 g/mol. The summed E-state index contributed by atoms with van der Waals surface area (Å²) in [5, 5.41) is 8.24. The lowest BCUT2D eigenvalue weighted by Crippen LogP contribution is -2.75. The zero-order valence-electron chi connectivity index (χ0n) is 32.4. The number of hydrogen-bond acceptors (Lipinski definition) is 7. The monoisotopic (exact) mass is 802 g/mol. The highest BCUT2D eigenvalue weighted by Gasteiger charge is 2.76. The van der Waals surface area contributed by atoms with Gasteiger partial charge in [0.25, 0.3) is 5.91 Å². The second-order valence-electron chi connectivity index (χ2n) is 16.3. The summed E-state index contributed by atoms with van der Waals surface area (Å²) in [5.41, 5.74) is -2.36. The minimum atomic E-state index is -4.07. The molecule has 1 unspecified atom stereocenters. The van der Waals surface area contributed by atoms with E-state index < -0.39 is 68.0 Å². The van der Waals surface area contributed by atoms with Gasteiger partial charge in [-0.1, -0.05) is 51.3 Å². The van der Waals surface area contributed by atoms with Gasteiger partial charge in [-0.2, -0.15) is 8.78 Å². The van der Waals surface area contributed by atoms with Crippen LogP contribution in [0.2, 0.25) is 0 Å². The number of amides is 4. The first-order chi connectivity index (χ1) is 26.4. The van der Waals surface area contributed by atoms with Crippen molar-refractivity contribution in [1.29, 1.82) is 0 Å². The van der Waals surface area contributed by atoms with E-state index in [4.69, 9.17) is 0 Å². The van der Waals surface area contributed by atoms with E-state index in [2.05, 4.69) is 25.6 Å². The van der Waals surface area contributed by atoms with E-state index in [1.807, 2.05) is 7.05 Å². The van der Waals surface area contributed by atoms with Crippen molar-refractivity contribution in [2.75, 3.05) is 49.5 Å². The molecule has 1 spiro atoms. The van der Waals surface area contributed by atoms with Gasteiger partial charge in [-0.25, -0.2) is 12.8 Å². The van der Waals surface area contributed by atoms with Crippen LogP contribution in [0.4, 0.5) is 24.5 Å². The highest BCUT2D eigenvalue weighted by atomic mass is 32.2. The van der Waals surface area contributed by atoms with Gasteiger partial charge in [0.2, 0.25) is 27.7 Å². The molecule has 1 saturated heterocycles. The second kappa shape index (κ2) is 16.0. The van der Waals surface area contributed by atoms with Crippen molar-refractivity contribution in [3.8, 4) is 0 Å². The van der Waals surface area contributed by atoms with Crippen molar-refractivity contribution >= 4 is 45.0 Å². The van der Waals surface area contributed by atoms with Crippen LogP contribution in [0.3, 0.4) is 0 Å². The van der Waals surface area contributed by atoms with E-state index in [1.54, 1.807) is 24.8 Å². The number of sulfonamides is 1. The number of benzene rings is 2. The molecular formula is C40H53F3N6O6S. The van der Waals surface area contributed by atoms with Crippen LogP contribution in [0.25, 0.3) is 0 Å². The third-order valence-corrected chi connectivity index (χ3v) is 13.2. The number of nitrogens with zero attached hydrogens (tertiary/aromatic N) is 2. The molecule has 0 aromatic heterocycles. The molecule has 3 saturated carbocycles. The quantitative estimate of drug-likeness (QED) is 0.224. The maximum Gasteiger partial charge on any atom is 0.349 e. The number of carbonyl (C=O) groups is 4. The Balaban J connectivity index is 1.23. The zero-order valence-corrected chi connectivity index (χ0v) is 33.2. The van der Waals surface area contributed by atoms with Crippen molar-refractivity contribution in [3.05, 3.63) is 59.4 Å². The fourth-order valence-corrected chi connectivity index (χ4v) is 9.80. The molecule has 4 aliphatic rings. The van der Waals surface area contributed by atoms with Crippen LogP contribution in [-0.2, 0) is 35.1 Å². The summed E-state index contributed by atoms with van der Waals surface area (Å²) >= 11 is 0. The van der Waals surface area contributed by atoms with Crippen LogP contribution in [0.15, 0.2) is 42.5 Å². The van der Waals surface area contributed by atoms with E-state index in [9.17, 15) is 27.6 Å². The number of nitrogens with one attached hydrogen (secondary N) is 4. The summed E-state index contributed by atoms with van der Waals surface area (Å²) in [5.74, 6) is -9.36. The lowest BCUT2D eigenvalue weighted by atomic mass is 9.48. The Morgan fingerprint density at radius 1 is 0.982 bits per heavy atom. The smallest absolute Gasteiger partial charge is 0.344 e. The molecule has 6 rings (SSSR count). The lowest BCUT2D eigenvalue weighted by molar-refractivity contribution is -0.164. The molecule has 1 aliphatic heterocycles. The van der Waals surface area contributed by atoms with Crippen LogP contribution in [0.1, 0.15) is 88.7 Å². The topological polar surface area (TPSA) is 157 Å². The zero-order chi connectivity index (χ0) is 40.6. The number of rotatable bonds is 13. The number of carbonyl (C=O) groups excluding carboxylic acids is 4. The fourth-order valence-electron chi connectivity index (χ4n) is 9.24. The summed E-state index contributed by atoms with van der Waals surface area (Å²) in [4.78, 5) is 57.9. The molecule has 306 valence electrons. The van der Waals surface area contributed by atoms with Crippen molar-refractivity contribution < 1.29 is 40.8 Å². The van der Waals surface area contributed by atoms with Crippen molar-refractivity contribution in [3.63, 3.8) is 0 Å². The molecule has 4 fully saturated rings. The second-order valence-corrected chi connectivity index (χ2v) is 18.0. The first-order valence-corrected chi connectivity index (χ1v) is 21.5. The Bertz CT molecular complexity index is 1950. The molecule has 3 aliphatic carbocycles. The number of anilines is 2. The maximum atomic E-state index is 16.1. The SMILES string of the molecule is CCC(=O)N[C@@H](C(=O)N1CCN(C)CC1)[C@@H](C)c1ccc(NC(=O)C2CC3(CC3)[C@@]2(NC(=O)C(F)(F)c2cccc(NS(C)(=O)=O)c2)C2CCCCC2)c(F)c1. The van der Waals surface area contributed by atoms with Crippen molar-refractivity contribution in [2.24, 2.45) is 17.3 Å². The minimum absolute atomic E-state index is 0.121. The van der Waals surface area contributed by atoms with Gasteiger partial charge < -0.3 is 25.8 Å². The Kier molecular flexibility index (Phi) is 11.8. The predicted octanol–water partition coefficient (Wildman–Crippen LogP) is 4.94. The summed E-state index contributed by atoms with van der Waals surface area (Å²) in [6, 6.07) is 7.79. The van der Waals surface area contributed by atoms with Gasteiger partial charge in [-0.05, 0) is 80.3 Å². The summed E-state index contributed by atoms with van der Waals surface area (Å²) in [6.45, 7) is 5.79. The Hall–Kier alpha value is -4.18. The van der Waals surface area contributed by atoms with E-state index in [-0.39, 0.29) is 35.5 Å². The summed E-state index contributed by atoms with van der Waals surface area (Å²) in [6.07, 6.45) is 6.54. The van der Waals surface area contributed by atoms with Crippen LogP contribution in [0, 0.1) is 23.1 Å². The normalized spacial score (nSPS) is 23.7. The van der Waals surface area contributed by atoms with Crippen LogP contribution >= 0.6 is 0 Å². The molecule has 1 heterocycles. The fraction of sp³-hybridized carbons (Fsp3) is 0.600. The molecule has 0 radical (unpaired) electrons. The minimum Gasteiger partial charge on any atom is -0.344 e. The summed E-state index contributed by atoms with van der Waals surface area (Å²) < 4.78 is 73.7. The highest BCUT2D eigenvalue weighted by molar-refractivity contribution is 7.92. The molecule has 4 atom stereocenters. The van der Waals surface area contributed by atoms with Gasteiger partial charge in [0.15, 0.2) is 0 Å². The standard InChI is InChI=1S/C40H53F3N6O6S/c1-5-33(50)45-34(36(52)49-20-18-48(3)19-21-49)25(2)26-14-15-32(31(41)22-26)44-35(51)30-24-38(16-17-38)39(30,27-10-7-6-8-11-27)46-37(53)40(42,43)28-12-9-13-29(23-28)47-56(4,54)55/h9,12-15,22-23,25,27,30,34,47H,5-8,10-11,16-21,24H2,1-4H3,(H,44,51)(H,45,50)(H,46,53)/t25-,30?,34+,39+/m0/s1. The molecule has 2 aromatic rings. The molecule has 16 heteroatoms. The Morgan fingerprint density at radius 2 is 1.66 bits per heavy atom. The maximum absolute atomic E-state index is 16.1. The number of alkyl halides is 2. The number of piperazine rings is 1. The molecule has 0 bridgehead atoms. The van der Waals surface area contributed by atoms with Gasteiger partial charge in [-0.3, -0.25) is 23.9 Å². The number of halogens is 3. The molecule has 12 nitrogen and oxygen atoms in total. The van der Waals surface area contributed by atoms with Crippen molar-refractivity contribution in [1.82, 2.24) is 20.4 Å². The van der Waals surface area contributed by atoms with Crippen LogP contribution in [-0.4, -0.2) is 92.9 Å². The van der Waals surface area contributed by atoms with Gasteiger partial charge in [0, 0.05) is 49.8 Å². The third-order valence-electron chi connectivity index (χ3n) is 12.6. The van der Waals surface area contributed by atoms with E-state index in [1.165, 1.54) is 24.3 Å². The van der Waals surface area contributed by atoms with E-state index in [0.717, 1.165) is 37.7 Å². The molecular weight excluding hydrogens is 750 g/mol. The van der Waals surface area contributed by atoms with Gasteiger partial charge in [0.1, 0.15) is 11.9 Å². The Morgan fingerprint density at radius 3 is 2.27 bits per heavy atom. The van der Waals surface area contributed by atoms with E-state index >= 15 is 13.2 Å². The first kappa shape index (κ1) is 41.5. The summed E-state index contributed by atoms with van der Waals surface area (Å²) in [7, 11) is -1.81. The van der Waals surface area contributed by atoms with Gasteiger partial charge in [0.05, 0.1) is 23.4 Å². The van der Waals surface area contributed by atoms with Gasteiger partial charge >= 0.3 is 5.92 Å². The van der Waals surface area contributed by atoms with Crippen molar-refractivity contribution in [2.45, 2.75) is 95.1 Å². The predicted molar refractivity (Wildman–Crippen MR) is 206 cm³/mol. The molecule has 2 aromatic carbocycles. The lowest BCUT2D eigenvalue weighted by Gasteiger charge is -2.61. The molecule has 4 N–H and O–H groups in total. The average Bonchev–Trinajstić information content (AvgIpc) is 3.98. The number of likely N-dealkylation sites (N-methyl/N-ethyl adjacent to an activating group) is 1. The largest absolute Gasteiger partial charge is 0.349 e. The molecule has 4 amide bonds. The highest BCUT2D eigenvalue weighted by Crippen LogP contribution is 2.73. The van der Waals surface area contributed by atoms with Crippen LogP contribution in [0.5, 0.6) is 0 Å². The third kappa shape index (κ3) is 8.27. The molecule has 56 heavy (non-hydrogen) atoms. The van der Waals surface area contributed by atoms with Gasteiger partial charge in [-0.15, -0.1) is 0 Å². The van der Waals surface area contributed by atoms with Crippen LogP contribution < -0.4 is 20.7 Å². The first-order valence-electron chi connectivity index (χ1n) is 19.6. The van der Waals surface area contributed by atoms with E-state index in [0.29, 0.717) is 63.8 Å². The number of hydrogen-bond donors (Lipinski definition) is 4. The Labute approximate surface area is 326 Å².